The van der Waals surface area contributed by atoms with Crippen LogP contribution in [0.2, 0.25) is 0 Å². The van der Waals surface area contributed by atoms with Gasteiger partial charge in [0.25, 0.3) is 0 Å². The molecule has 1 heterocycles. The molecule has 1 unspecified atom stereocenters. The van der Waals surface area contributed by atoms with Gasteiger partial charge in [0.2, 0.25) is 5.91 Å². The highest BCUT2D eigenvalue weighted by Crippen LogP contribution is 2.15. The van der Waals surface area contributed by atoms with Crippen LogP contribution in [0.25, 0.3) is 0 Å². The second-order valence-electron chi connectivity index (χ2n) is 5.58. The van der Waals surface area contributed by atoms with Crippen LogP contribution in [0.3, 0.4) is 0 Å². The lowest BCUT2D eigenvalue weighted by Gasteiger charge is -2.15. The summed E-state index contributed by atoms with van der Waals surface area (Å²) in [4.78, 5) is 14.2. The van der Waals surface area contributed by atoms with E-state index in [0.29, 0.717) is 19.0 Å². The number of rotatable bonds is 7. The molecule has 1 aromatic rings. The number of halogens is 1. The van der Waals surface area contributed by atoms with Crippen LogP contribution < -0.4 is 15.4 Å². The molecule has 0 aliphatic carbocycles. The molecule has 5 nitrogen and oxygen atoms in total. The number of methoxy groups -OCH3 is 1. The van der Waals surface area contributed by atoms with Gasteiger partial charge in [-0.1, -0.05) is 12.1 Å². The molecule has 1 aliphatic heterocycles. The molecule has 1 saturated heterocycles. The minimum Gasteiger partial charge on any atom is -0.497 e. The first-order chi connectivity index (χ1) is 10.2. The number of hydrogen-bond donors (Lipinski definition) is 2. The zero-order valence-corrected chi connectivity index (χ0v) is 14.1. The summed E-state index contributed by atoms with van der Waals surface area (Å²) < 4.78 is 5.18. The van der Waals surface area contributed by atoms with Gasteiger partial charge in [0.1, 0.15) is 5.75 Å². The van der Waals surface area contributed by atoms with E-state index in [1.54, 1.807) is 7.11 Å². The predicted molar refractivity (Wildman–Crippen MR) is 90.6 cm³/mol. The van der Waals surface area contributed by atoms with Gasteiger partial charge in [-0.3, -0.25) is 9.69 Å². The number of hydrogen-bond acceptors (Lipinski definition) is 4. The van der Waals surface area contributed by atoms with E-state index >= 15 is 0 Å². The summed E-state index contributed by atoms with van der Waals surface area (Å²) in [5, 5.41) is 6.17. The third-order valence-corrected chi connectivity index (χ3v) is 3.85. The number of amides is 1. The van der Waals surface area contributed by atoms with E-state index in [9.17, 15) is 4.79 Å². The molecule has 0 saturated carbocycles. The molecule has 0 radical (unpaired) electrons. The van der Waals surface area contributed by atoms with Gasteiger partial charge in [0, 0.05) is 13.1 Å². The first-order valence-electron chi connectivity index (χ1n) is 7.48. The predicted octanol–water partition coefficient (Wildman–Crippen LogP) is 1.27. The van der Waals surface area contributed by atoms with Crippen LogP contribution >= 0.6 is 12.4 Å². The Labute approximate surface area is 138 Å². The Morgan fingerprint density at radius 3 is 3.00 bits per heavy atom. The number of ether oxygens (including phenoxy) is 1. The first-order valence-corrected chi connectivity index (χ1v) is 7.48. The second-order valence-corrected chi connectivity index (χ2v) is 5.58. The van der Waals surface area contributed by atoms with Crippen molar-refractivity contribution in [2.24, 2.45) is 5.92 Å². The summed E-state index contributed by atoms with van der Waals surface area (Å²) >= 11 is 0. The quantitative estimate of drug-likeness (QED) is 0.792. The normalized spacial score (nSPS) is 17.8. The van der Waals surface area contributed by atoms with Gasteiger partial charge in [-0.2, -0.15) is 0 Å². The molecule has 22 heavy (non-hydrogen) atoms. The third-order valence-electron chi connectivity index (χ3n) is 3.85. The third kappa shape index (κ3) is 5.83. The van der Waals surface area contributed by atoms with Crippen LogP contribution in [-0.4, -0.2) is 51.1 Å². The van der Waals surface area contributed by atoms with Crippen molar-refractivity contribution in [1.29, 1.82) is 0 Å². The molecule has 1 atom stereocenters. The molecule has 2 N–H and O–H groups in total. The summed E-state index contributed by atoms with van der Waals surface area (Å²) in [6.45, 7) is 4.09. The monoisotopic (exact) mass is 327 g/mol. The van der Waals surface area contributed by atoms with Crippen molar-refractivity contribution in [2.45, 2.75) is 13.0 Å². The zero-order valence-electron chi connectivity index (χ0n) is 13.3. The SMILES string of the molecule is CNCC1CCN(CC(=O)NCc2cccc(OC)c2)C1.Cl. The summed E-state index contributed by atoms with van der Waals surface area (Å²) in [7, 11) is 3.62. The van der Waals surface area contributed by atoms with Gasteiger partial charge < -0.3 is 15.4 Å². The highest BCUT2D eigenvalue weighted by molar-refractivity contribution is 5.85. The van der Waals surface area contributed by atoms with E-state index in [2.05, 4.69) is 15.5 Å². The minimum absolute atomic E-state index is 0. The van der Waals surface area contributed by atoms with E-state index in [1.807, 2.05) is 31.3 Å². The molecule has 1 amide bonds. The molecule has 0 bridgehead atoms. The lowest BCUT2D eigenvalue weighted by molar-refractivity contribution is -0.122. The van der Waals surface area contributed by atoms with Crippen LogP contribution in [0.15, 0.2) is 24.3 Å². The van der Waals surface area contributed by atoms with E-state index < -0.39 is 0 Å². The molecule has 1 aromatic carbocycles. The second kappa shape index (κ2) is 9.66. The number of likely N-dealkylation sites (tertiary alicyclic amines) is 1. The summed E-state index contributed by atoms with van der Waals surface area (Å²) in [5.74, 6) is 1.57. The molecular formula is C16H26ClN3O2. The Kier molecular flexibility index (Phi) is 8.24. The molecule has 1 aliphatic rings. The van der Waals surface area contributed by atoms with E-state index in [-0.39, 0.29) is 18.3 Å². The smallest absolute Gasteiger partial charge is 0.234 e. The van der Waals surface area contributed by atoms with Crippen LogP contribution in [0.1, 0.15) is 12.0 Å². The van der Waals surface area contributed by atoms with Crippen molar-refractivity contribution >= 4 is 18.3 Å². The van der Waals surface area contributed by atoms with E-state index in [1.165, 1.54) is 6.42 Å². The van der Waals surface area contributed by atoms with E-state index in [0.717, 1.165) is 30.9 Å². The van der Waals surface area contributed by atoms with Crippen molar-refractivity contribution in [3.63, 3.8) is 0 Å². The van der Waals surface area contributed by atoms with Crippen LogP contribution in [0.4, 0.5) is 0 Å². The molecule has 0 spiro atoms. The van der Waals surface area contributed by atoms with Crippen molar-refractivity contribution in [3.8, 4) is 5.75 Å². The highest BCUT2D eigenvalue weighted by Gasteiger charge is 2.23. The average Bonchev–Trinajstić information content (AvgIpc) is 2.93. The molecule has 2 rings (SSSR count). The van der Waals surface area contributed by atoms with Crippen LogP contribution in [-0.2, 0) is 11.3 Å². The Balaban J connectivity index is 0.00000242. The standard InChI is InChI=1S/C16H25N3O2.ClH/c1-17-9-14-6-7-19(11-14)12-16(20)18-10-13-4-3-5-15(8-13)21-2;/h3-5,8,14,17H,6-7,9-12H2,1-2H3,(H,18,20);1H. The molecular weight excluding hydrogens is 302 g/mol. The fourth-order valence-corrected chi connectivity index (χ4v) is 2.75. The minimum atomic E-state index is 0. The number of benzene rings is 1. The maximum Gasteiger partial charge on any atom is 0.234 e. The van der Waals surface area contributed by atoms with Crippen molar-refractivity contribution in [2.75, 3.05) is 40.3 Å². The fraction of sp³-hybridized carbons (Fsp3) is 0.562. The number of nitrogens with one attached hydrogen (secondary N) is 2. The van der Waals surface area contributed by atoms with Gasteiger partial charge in [0.15, 0.2) is 0 Å². The lowest BCUT2D eigenvalue weighted by atomic mass is 10.1. The van der Waals surface area contributed by atoms with Gasteiger partial charge in [-0.15, -0.1) is 12.4 Å². The van der Waals surface area contributed by atoms with Gasteiger partial charge in [-0.25, -0.2) is 0 Å². The molecule has 1 fully saturated rings. The fourth-order valence-electron chi connectivity index (χ4n) is 2.75. The first kappa shape index (κ1) is 18.7. The summed E-state index contributed by atoms with van der Waals surface area (Å²) in [6, 6.07) is 7.77. The summed E-state index contributed by atoms with van der Waals surface area (Å²) in [5.41, 5.74) is 1.05. The Hall–Kier alpha value is -1.30. The van der Waals surface area contributed by atoms with Gasteiger partial charge in [0.05, 0.1) is 13.7 Å². The number of carbonyl (C=O) groups is 1. The molecule has 124 valence electrons. The average molecular weight is 328 g/mol. The van der Waals surface area contributed by atoms with Gasteiger partial charge >= 0.3 is 0 Å². The van der Waals surface area contributed by atoms with Crippen molar-refractivity contribution in [1.82, 2.24) is 15.5 Å². The Morgan fingerprint density at radius 1 is 1.45 bits per heavy atom. The van der Waals surface area contributed by atoms with Crippen molar-refractivity contribution in [3.05, 3.63) is 29.8 Å². The zero-order chi connectivity index (χ0) is 15.1. The maximum atomic E-state index is 12.0. The summed E-state index contributed by atoms with van der Waals surface area (Å²) in [6.07, 6.45) is 1.17. The topological polar surface area (TPSA) is 53.6 Å². The number of nitrogens with zero attached hydrogens (tertiary/aromatic N) is 1. The highest BCUT2D eigenvalue weighted by atomic mass is 35.5. The van der Waals surface area contributed by atoms with Crippen LogP contribution in [0.5, 0.6) is 5.75 Å². The van der Waals surface area contributed by atoms with E-state index in [4.69, 9.17) is 4.74 Å². The number of carbonyl (C=O) groups excluding carboxylic acids is 1. The Bertz CT molecular complexity index is 470. The molecule has 6 heteroatoms. The van der Waals surface area contributed by atoms with Crippen molar-refractivity contribution < 1.29 is 9.53 Å². The lowest BCUT2D eigenvalue weighted by Crippen LogP contribution is -2.36. The Morgan fingerprint density at radius 2 is 2.27 bits per heavy atom. The largest absolute Gasteiger partial charge is 0.497 e. The maximum absolute atomic E-state index is 12.0. The molecule has 0 aromatic heterocycles. The van der Waals surface area contributed by atoms with Crippen LogP contribution in [0, 0.1) is 5.92 Å². The van der Waals surface area contributed by atoms with Gasteiger partial charge in [-0.05, 0) is 50.2 Å².